The van der Waals surface area contributed by atoms with Gasteiger partial charge in [-0.25, -0.2) is 0 Å². The van der Waals surface area contributed by atoms with Crippen molar-refractivity contribution in [3.8, 4) is 0 Å². The number of hydrogen-bond acceptors (Lipinski definition) is 3. The Balaban J connectivity index is 1.66. The Hall–Kier alpha value is -2.37. The summed E-state index contributed by atoms with van der Waals surface area (Å²) in [7, 11) is 0. The van der Waals surface area contributed by atoms with Gasteiger partial charge in [-0.1, -0.05) is 44.9 Å². The first-order chi connectivity index (χ1) is 14.9. The third-order valence-corrected chi connectivity index (χ3v) is 6.67. The van der Waals surface area contributed by atoms with E-state index in [2.05, 4.69) is 10.6 Å². The van der Waals surface area contributed by atoms with Crippen molar-refractivity contribution in [3.63, 3.8) is 0 Å². The van der Waals surface area contributed by atoms with Gasteiger partial charge in [0.2, 0.25) is 11.8 Å². The van der Waals surface area contributed by atoms with E-state index < -0.39 is 6.04 Å². The maximum Gasteiger partial charge on any atom is 0.252 e. The summed E-state index contributed by atoms with van der Waals surface area (Å²) >= 11 is 0. The molecule has 2 fully saturated rings. The van der Waals surface area contributed by atoms with Crippen LogP contribution in [0.1, 0.15) is 68.3 Å². The third kappa shape index (κ3) is 6.08. The van der Waals surface area contributed by atoms with Crippen molar-refractivity contribution in [1.29, 1.82) is 0 Å². The summed E-state index contributed by atoms with van der Waals surface area (Å²) in [6.07, 6.45) is 5.77. The minimum absolute atomic E-state index is 0.0211. The van der Waals surface area contributed by atoms with E-state index in [0.717, 1.165) is 44.1 Å². The van der Waals surface area contributed by atoms with E-state index in [-0.39, 0.29) is 29.6 Å². The summed E-state index contributed by atoms with van der Waals surface area (Å²) in [5.41, 5.74) is 1.48. The van der Waals surface area contributed by atoms with Crippen LogP contribution in [0.25, 0.3) is 0 Å². The first kappa shape index (κ1) is 23.3. The molecule has 0 bridgehead atoms. The predicted molar refractivity (Wildman–Crippen MR) is 122 cm³/mol. The van der Waals surface area contributed by atoms with E-state index in [1.54, 1.807) is 6.07 Å². The van der Waals surface area contributed by atoms with Crippen LogP contribution in [-0.2, 0) is 9.59 Å². The number of benzene rings is 1. The van der Waals surface area contributed by atoms with Gasteiger partial charge in [0, 0.05) is 31.1 Å². The summed E-state index contributed by atoms with van der Waals surface area (Å²) in [4.78, 5) is 40.7. The minimum atomic E-state index is -0.588. The fraction of sp³-hybridized carbons (Fsp3) is 0.640. The lowest BCUT2D eigenvalue weighted by Crippen LogP contribution is -2.54. The van der Waals surface area contributed by atoms with Crippen LogP contribution < -0.4 is 10.6 Å². The van der Waals surface area contributed by atoms with Gasteiger partial charge in [-0.3, -0.25) is 14.4 Å². The molecule has 1 aromatic rings. The van der Waals surface area contributed by atoms with E-state index >= 15 is 0 Å². The number of carbonyl (C=O) groups is 3. The summed E-state index contributed by atoms with van der Waals surface area (Å²) < 4.78 is 0. The topological polar surface area (TPSA) is 78.5 Å². The zero-order valence-corrected chi connectivity index (χ0v) is 19.2. The number of rotatable bonds is 7. The summed E-state index contributed by atoms with van der Waals surface area (Å²) in [6.45, 7) is 7.90. The molecule has 1 unspecified atom stereocenters. The van der Waals surface area contributed by atoms with Gasteiger partial charge in [-0.15, -0.1) is 0 Å². The van der Waals surface area contributed by atoms with Crippen LogP contribution in [0, 0.1) is 24.7 Å². The molecule has 31 heavy (non-hydrogen) atoms. The number of hydrogen-bond donors (Lipinski definition) is 2. The molecule has 3 amide bonds. The van der Waals surface area contributed by atoms with Gasteiger partial charge >= 0.3 is 0 Å². The number of aryl methyl sites for hydroxylation is 1. The largest absolute Gasteiger partial charge is 0.354 e. The van der Waals surface area contributed by atoms with E-state index in [1.807, 2.05) is 43.9 Å². The summed E-state index contributed by atoms with van der Waals surface area (Å²) in [5.74, 6) is 0.474. The highest BCUT2D eigenvalue weighted by Crippen LogP contribution is 2.29. The van der Waals surface area contributed by atoms with Crippen LogP contribution in [0.15, 0.2) is 24.3 Å². The van der Waals surface area contributed by atoms with Crippen molar-refractivity contribution < 1.29 is 14.4 Å². The van der Waals surface area contributed by atoms with Gasteiger partial charge in [-0.2, -0.15) is 0 Å². The van der Waals surface area contributed by atoms with Gasteiger partial charge in [0.15, 0.2) is 0 Å². The van der Waals surface area contributed by atoms with Crippen LogP contribution >= 0.6 is 0 Å². The zero-order valence-electron chi connectivity index (χ0n) is 19.2. The number of likely N-dealkylation sites (tertiary alicyclic amines) is 1. The predicted octanol–water partition coefficient (Wildman–Crippen LogP) is 3.29. The number of amides is 3. The Labute approximate surface area is 186 Å². The molecular weight excluding hydrogens is 390 g/mol. The Morgan fingerprint density at radius 2 is 1.68 bits per heavy atom. The van der Waals surface area contributed by atoms with Crippen LogP contribution in [-0.4, -0.2) is 48.3 Å². The van der Waals surface area contributed by atoms with Crippen molar-refractivity contribution in [2.75, 3.05) is 19.6 Å². The van der Waals surface area contributed by atoms with E-state index in [1.165, 1.54) is 0 Å². The molecule has 1 atom stereocenters. The van der Waals surface area contributed by atoms with Gasteiger partial charge in [0.1, 0.15) is 6.04 Å². The number of nitrogens with one attached hydrogen (secondary N) is 2. The molecular formula is C25H37N3O3. The number of piperidine rings is 1. The van der Waals surface area contributed by atoms with Gasteiger partial charge in [0.25, 0.3) is 5.91 Å². The molecule has 170 valence electrons. The molecule has 6 nitrogen and oxygen atoms in total. The molecule has 0 spiro atoms. The Morgan fingerprint density at radius 3 is 2.29 bits per heavy atom. The molecule has 2 N–H and O–H groups in total. The minimum Gasteiger partial charge on any atom is -0.354 e. The fourth-order valence-corrected chi connectivity index (χ4v) is 4.74. The average molecular weight is 428 g/mol. The van der Waals surface area contributed by atoms with Crippen LogP contribution in [0.5, 0.6) is 0 Å². The second kappa shape index (κ2) is 10.8. The summed E-state index contributed by atoms with van der Waals surface area (Å²) in [5, 5.41) is 6.01. The third-order valence-electron chi connectivity index (χ3n) is 6.67. The van der Waals surface area contributed by atoms with Crippen molar-refractivity contribution >= 4 is 17.7 Å². The number of nitrogens with zero attached hydrogens (tertiary/aromatic N) is 1. The molecule has 1 saturated heterocycles. The van der Waals surface area contributed by atoms with Gasteiger partial charge < -0.3 is 15.5 Å². The van der Waals surface area contributed by atoms with Crippen LogP contribution in [0.2, 0.25) is 0 Å². The SMILES string of the molecule is Cc1ccccc1C(=O)NC(C(=O)NCC(C)C)C1CCN(C(=O)C2CCCC2)CC1. The van der Waals surface area contributed by atoms with Crippen molar-refractivity contribution in [2.24, 2.45) is 17.8 Å². The summed E-state index contributed by atoms with van der Waals surface area (Å²) in [6, 6.07) is 6.83. The normalized spacial score (nSPS) is 18.8. The van der Waals surface area contributed by atoms with Crippen molar-refractivity contribution in [1.82, 2.24) is 15.5 Å². The number of carbonyl (C=O) groups excluding carboxylic acids is 3. The van der Waals surface area contributed by atoms with E-state index in [0.29, 0.717) is 31.1 Å². The molecule has 6 heteroatoms. The molecule has 0 radical (unpaired) electrons. The lowest BCUT2D eigenvalue weighted by atomic mass is 9.87. The molecule has 1 aromatic carbocycles. The van der Waals surface area contributed by atoms with E-state index in [4.69, 9.17) is 0 Å². The van der Waals surface area contributed by atoms with Gasteiger partial charge in [-0.05, 0) is 56.1 Å². The maximum absolute atomic E-state index is 13.0. The quantitative estimate of drug-likeness (QED) is 0.701. The molecule has 1 aliphatic heterocycles. The highest BCUT2D eigenvalue weighted by molar-refractivity contribution is 5.98. The molecule has 1 aliphatic carbocycles. The lowest BCUT2D eigenvalue weighted by Gasteiger charge is -2.37. The smallest absolute Gasteiger partial charge is 0.252 e. The monoisotopic (exact) mass is 427 g/mol. The Morgan fingerprint density at radius 1 is 1.03 bits per heavy atom. The molecule has 3 rings (SSSR count). The lowest BCUT2D eigenvalue weighted by molar-refractivity contribution is -0.137. The van der Waals surface area contributed by atoms with Crippen LogP contribution in [0.4, 0.5) is 0 Å². The second-order valence-electron chi connectivity index (χ2n) is 9.55. The second-order valence-corrected chi connectivity index (χ2v) is 9.55. The molecule has 0 aromatic heterocycles. The molecule has 2 aliphatic rings. The molecule has 1 saturated carbocycles. The fourth-order valence-electron chi connectivity index (χ4n) is 4.74. The standard InChI is InChI=1S/C25H37N3O3/c1-17(2)16-26-24(30)22(27-23(29)21-11-7-4-8-18(21)3)19-12-14-28(15-13-19)25(31)20-9-5-6-10-20/h4,7-8,11,17,19-20,22H,5-6,9-10,12-16H2,1-3H3,(H,26,30)(H,27,29). The van der Waals surface area contributed by atoms with Crippen LogP contribution in [0.3, 0.4) is 0 Å². The van der Waals surface area contributed by atoms with E-state index in [9.17, 15) is 14.4 Å². The van der Waals surface area contributed by atoms with Crippen molar-refractivity contribution in [2.45, 2.75) is 65.3 Å². The highest BCUT2D eigenvalue weighted by Gasteiger charge is 2.36. The molecule has 1 heterocycles. The maximum atomic E-state index is 13.0. The first-order valence-corrected chi connectivity index (χ1v) is 11.8. The zero-order chi connectivity index (χ0) is 22.4. The average Bonchev–Trinajstić information content (AvgIpc) is 3.30. The first-order valence-electron chi connectivity index (χ1n) is 11.8. The van der Waals surface area contributed by atoms with Gasteiger partial charge in [0.05, 0.1) is 0 Å². The van der Waals surface area contributed by atoms with Crippen molar-refractivity contribution in [3.05, 3.63) is 35.4 Å². The Bertz CT molecular complexity index is 778. The Kier molecular flexibility index (Phi) is 8.10. The highest BCUT2D eigenvalue weighted by atomic mass is 16.2.